The molecule has 0 aliphatic rings. The van der Waals surface area contributed by atoms with Crippen LogP contribution in [0.15, 0.2) is 24.3 Å². The molecule has 0 aliphatic heterocycles. The number of rotatable bonds is 2. The summed E-state index contributed by atoms with van der Waals surface area (Å²) < 4.78 is 5.12. The average Bonchev–Trinajstić information content (AvgIpc) is 2.09. The first-order chi connectivity index (χ1) is 5.77. The first kappa shape index (κ1) is 8.85. The number of aryl methyl sites for hydroxylation is 1. The van der Waals surface area contributed by atoms with Crippen LogP contribution in [0.4, 0.5) is 0 Å². The van der Waals surface area contributed by atoms with Crippen molar-refractivity contribution in [1.82, 2.24) is 0 Å². The summed E-state index contributed by atoms with van der Waals surface area (Å²) >= 11 is 0. The zero-order valence-corrected chi connectivity index (χ0v) is 7.79. The average molecular weight is 162 g/mol. The second kappa shape index (κ2) is 3.96. The first-order valence-electron chi connectivity index (χ1n) is 4.05. The summed E-state index contributed by atoms with van der Waals surface area (Å²) in [7, 11) is 1.68. The van der Waals surface area contributed by atoms with Gasteiger partial charge in [-0.15, -0.1) is 0 Å². The summed E-state index contributed by atoms with van der Waals surface area (Å²) in [6.45, 7) is 4.10. The molecule has 0 amide bonds. The molecule has 0 heterocycles. The van der Waals surface area contributed by atoms with E-state index in [2.05, 4.69) is 19.1 Å². The minimum Gasteiger partial charge on any atom is -0.497 e. The molecule has 0 saturated heterocycles. The van der Waals surface area contributed by atoms with E-state index < -0.39 is 0 Å². The van der Waals surface area contributed by atoms with Crippen LogP contribution in [0.1, 0.15) is 18.1 Å². The molecule has 0 atom stereocenters. The molecule has 0 N–H and O–H groups in total. The van der Waals surface area contributed by atoms with Crippen LogP contribution < -0.4 is 4.74 Å². The lowest BCUT2D eigenvalue weighted by molar-refractivity contribution is 0.414. The van der Waals surface area contributed by atoms with Crippen LogP contribution in [-0.2, 0) is 0 Å². The van der Waals surface area contributed by atoms with Gasteiger partial charge in [-0.05, 0) is 37.1 Å². The molecule has 1 aromatic carbocycles. The smallest absolute Gasteiger partial charge is 0.119 e. The summed E-state index contributed by atoms with van der Waals surface area (Å²) in [5.41, 5.74) is 2.49. The van der Waals surface area contributed by atoms with Crippen LogP contribution in [0.5, 0.6) is 5.75 Å². The third kappa shape index (κ3) is 1.88. The zero-order valence-electron chi connectivity index (χ0n) is 7.79. The van der Waals surface area contributed by atoms with Gasteiger partial charge in [0.25, 0.3) is 0 Å². The Morgan fingerprint density at radius 1 is 1.33 bits per heavy atom. The molecule has 1 rings (SSSR count). The molecule has 1 heteroatoms. The Labute approximate surface area is 73.7 Å². The Bertz CT molecular complexity index is 287. The van der Waals surface area contributed by atoms with Crippen molar-refractivity contribution in [2.24, 2.45) is 0 Å². The maximum atomic E-state index is 5.12. The normalized spacial score (nSPS) is 10.6. The summed E-state index contributed by atoms with van der Waals surface area (Å²) in [4.78, 5) is 0. The van der Waals surface area contributed by atoms with Crippen LogP contribution >= 0.6 is 0 Å². The second-order valence-corrected chi connectivity index (χ2v) is 2.72. The molecule has 0 spiro atoms. The fraction of sp³-hybridized carbons (Fsp3) is 0.273. The third-order valence-corrected chi connectivity index (χ3v) is 1.83. The molecule has 0 aromatic heterocycles. The molecule has 1 nitrogen and oxygen atoms in total. The van der Waals surface area contributed by atoms with Gasteiger partial charge in [0.1, 0.15) is 5.75 Å². The van der Waals surface area contributed by atoms with Crippen molar-refractivity contribution in [3.63, 3.8) is 0 Å². The highest BCUT2D eigenvalue weighted by molar-refractivity contribution is 5.55. The molecule has 0 fully saturated rings. The van der Waals surface area contributed by atoms with Gasteiger partial charge >= 0.3 is 0 Å². The predicted octanol–water partition coefficient (Wildman–Crippen LogP) is 3.04. The highest BCUT2D eigenvalue weighted by Crippen LogP contribution is 2.17. The SMILES string of the molecule is C/C=C\c1cc(OC)ccc1C. The van der Waals surface area contributed by atoms with Crippen LogP contribution in [0.25, 0.3) is 6.08 Å². The van der Waals surface area contributed by atoms with Crippen LogP contribution in [0, 0.1) is 6.92 Å². The summed E-state index contributed by atoms with van der Waals surface area (Å²) in [5.74, 6) is 0.911. The van der Waals surface area contributed by atoms with Gasteiger partial charge < -0.3 is 4.74 Å². The van der Waals surface area contributed by atoms with Crippen LogP contribution in [0.3, 0.4) is 0 Å². The number of methoxy groups -OCH3 is 1. The van der Waals surface area contributed by atoms with Crippen molar-refractivity contribution >= 4 is 6.08 Å². The van der Waals surface area contributed by atoms with E-state index in [1.54, 1.807) is 7.11 Å². The Hall–Kier alpha value is -1.24. The quantitative estimate of drug-likeness (QED) is 0.649. The summed E-state index contributed by atoms with van der Waals surface area (Å²) in [6, 6.07) is 6.08. The van der Waals surface area contributed by atoms with E-state index in [-0.39, 0.29) is 0 Å². The van der Waals surface area contributed by atoms with Crippen LogP contribution in [-0.4, -0.2) is 7.11 Å². The van der Waals surface area contributed by atoms with Crippen molar-refractivity contribution < 1.29 is 4.74 Å². The number of allylic oxidation sites excluding steroid dienone is 1. The Balaban J connectivity index is 3.08. The predicted molar refractivity (Wildman–Crippen MR) is 52.4 cm³/mol. The summed E-state index contributed by atoms with van der Waals surface area (Å²) in [5, 5.41) is 0. The van der Waals surface area contributed by atoms with Crippen molar-refractivity contribution in [2.75, 3.05) is 7.11 Å². The fourth-order valence-corrected chi connectivity index (χ4v) is 1.10. The van der Waals surface area contributed by atoms with Gasteiger partial charge in [-0.2, -0.15) is 0 Å². The fourth-order valence-electron chi connectivity index (χ4n) is 1.10. The second-order valence-electron chi connectivity index (χ2n) is 2.72. The third-order valence-electron chi connectivity index (χ3n) is 1.83. The van der Waals surface area contributed by atoms with E-state index in [0.717, 1.165) is 5.75 Å². The molecule has 0 aliphatic carbocycles. The van der Waals surface area contributed by atoms with Crippen molar-refractivity contribution in [1.29, 1.82) is 0 Å². The number of ether oxygens (including phenoxy) is 1. The van der Waals surface area contributed by atoms with Gasteiger partial charge in [0.05, 0.1) is 7.11 Å². The molecular formula is C11H14O. The molecule has 64 valence electrons. The molecular weight excluding hydrogens is 148 g/mol. The molecule has 0 unspecified atom stereocenters. The standard InChI is InChI=1S/C11H14O/c1-4-5-10-8-11(12-3)7-6-9(10)2/h4-8H,1-3H3/b5-4-. The maximum Gasteiger partial charge on any atom is 0.119 e. The molecule has 0 radical (unpaired) electrons. The van der Waals surface area contributed by atoms with E-state index in [1.165, 1.54) is 11.1 Å². The molecule has 1 aromatic rings. The Kier molecular flexibility index (Phi) is 2.92. The van der Waals surface area contributed by atoms with E-state index in [1.807, 2.05) is 25.1 Å². The monoisotopic (exact) mass is 162 g/mol. The topological polar surface area (TPSA) is 9.23 Å². The summed E-state index contributed by atoms with van der Waals surface area (Å²) in [6.07, 6.45) is 4.11. The van der Waals surface area contributed by atoms with Gasteiger partial charge in [-0.25, -0.2) is 0 Å². The van der Waals surface area contributed by atoms with Gasteiger partial charge in [-0.3, -0.25) is 0 Å². The van der Waals surface area contributed by atoms with Crippen LogP contribution in [0.2, 0.25) is 0 Å². The highest BCUT2D eigenvalue weighted by atomic mass is 16.5. The Morgan fingerprint density at radius 3 is 2.67 bits per heavy atom. The van der Waals surface area contributed by atoms with E-state index in [9.17, 15) is 0 Å². The molecule has 12 heavy (non-hydrogen) atoms. The lowest BCUT2D eigenvalue weighted by atomic mass is 10.1. The van der Waals surface area contributed by atoms with Crippen molar-refractivity contribution in [3.05, 3.63) is 35.4 Å². The minimum atomic E-state index is 0.911. The Morgan fingerprint density at radius 2 is 2.08 bits per heavy atom. The first-order valence-corrected chi connectivity index (χ1v) is 4.05. The molecule has 0 bridgehead atoms. The number of hydrogen-bond acceptors (Lipinski definition) is 1. The maximum absolute atomic E-state index is 5.12. The van der Waals surface area contributed by atoms with Gasteiger partial charge in [0, 0.05) is 0 Å². The lowest BCUT2D eigenvalue weighted by Gasteiger charge is -2.03. The van der Waals surface area contributed by atoms with E-state index in [0.29, 0.717) is 0 Å². The van der Waals surface area contributed by atoms with E-state index in [4.69, 9.17) is 4.74 Å². The lowest BCUT2D eigenvalue weighted by Crippen LogP contribution is -1.85. The van der Waals surface area contributed by atoms with Gasteiger partial charge in [0.15, 0.2) is 0 Å². The van der Waals surface area contributed by atoms with Gasteiger partial charge in [0.2, 0.25) is 0 Å². The van der Waals surface area contributed by atoms with Gasteiger partial charge in [-0.1, -0.05) is 18.2 Å². The number of hydrogen-bond donors (Lipinski definition) is 0. The minimum absolute atomic E-state index is 0.911. The van der Waals surface area contributed by atoms with E-state index >= 15 is 0 Å². The highest BCUT2D eigenvalue weighted by Gasteiger charge is 1.95. The van der Waals surface area contributed by atoms with Crippen molar-refractivity contribution in [3.8, 4) is 5.75 Å². The largest absolute Gasteiger partial charge is 0.497 e. The number of benzene rings is 1. The zero-order chi connectivity index (χ0) is 8.97. The van der Waals surface area contributed by atoms with Crippen molar-refractivity contribution in [2.45, 2.75) is 13.8 Å². The molecule has 0 saturated carbocycles.